The van der Waals surface area contributed by atoms with E-state index >= 15 is 0 Å². The molecule has 0 aliphatic rings. The fourth-order valence-electron chi connectivity index (χ4n) is 2.34. The molecule has 0 heterocycles. The third kappa shape index (κ3) is 3.94. The second-order valence-corrected chi connectivity index (χ2v) is 5.81. The van der Waals surface area contributed by atoms with Crippen LogP contribution in [0.1, 0.15) is 37.8 Å². The van der Waals surface area contributed by atoms with Gasteiger partial charge in [0.15, 0.2) is 0 Å². The molecule has 0 fully saturated rings. The zero-order valence-corrected chi connectivity index (χ0v) is 12.7. The first-order valence-corrected chi connectivity index (χ1v) is 7.51. The molecule has 0 amide bonds. The van der Waals surface area contributed by atoms with Gasteiger partial charge in [-0.1, -0.05) is 74.5 Å². The van der Waals surface area contributed by atoms with Gasteiger partial charge < -0.3 is 5.32 Å². The summed E-state index contributed by atoms with van der Waals surface area (Å²) in [4.78, 5) is 0. The van der Waals surface area contributed by atoms with Crippen molar-refractivity contribution in [3.8, 4) is 0 Å². The van der Waals surface area contributed by atoms with Crippen molar-refractivity contribution in [2.75, 3.05) is 6.54 Å². The van der Waals surface area contributed by atoms with Crippen molar-refractivity contribution in [1.29, 1.82) is 0 Å². The van der Waals surface area contributed by atoms with Crippen molar-refractivity contribution in [2.45, 2.75) is 32.7 Å². The van der Waals surface area contributed by atoms with Crippen molar-refractivity contribution in [1.82, 2.24) is 5.32 Å². The molecule has 2 rings (SSSR count). The topological polar surface area (TPSA) is 12.0 Å². The maximum absolute atomic E-state index is 3.68. The molecule has 0 spiro atoms. The van der Waals surface area contributed by atoms with Crippen LogP contribution in [-0.4, -0.2) is 12.6 Å². The van der Waals surface area contributed by atoms with E-state index in [9.17, 15) is 0 Å². The quantitative estimate of drug-likeness (QED) is 0.815. The molecule has 1 nitrogen and oxygen atoms in total. The molecule has 0 saturated carbocycles. The monoisotopic (exact) mass is 267 g/mol. The molecule has 1 atom stereocenters. The Balaban J connectivity index is 2.17. The van der Waals surface area contributed by atoms with E-state index in [-0.39, 0.29) is 0 Å². The third-order valence-corrected chi connectivity index (χ3v) is 4.05. The average Bonchev–Trinajstić information content (AvgIpc) is 2.49. The molecule has 0 aromatic heterocycles. The molecule has 0 aliphatic heterocycles. The summed E-state index contributed by atoms with van der Waals surface area (Å²) < 4.78 is 0. The second kappa shape index (κ2) is 7.25. The summed E-state index contributed by atoms with van der Waals surface area (Å²) in [6, 6.07) is 22.1. The third-order valence-electron chi connectivity index (χ3n) is 4.05. The zero-order chi connectivity index (χ0) is 14.4. The minimum absolute atomic E-state index is 0.415. The van der Waals surface area contributed by atoms with Crippen LogP contribution in [0.25, 0.3) is 0 Å². The van der Waals surface area contributed by atoms with E-state index in [1.165, 1.54) is 11.1 Å². The van der Waals surface area contributed by atoms with Gasteiger partial charge in [-0.15, -0.1) is 0 Å². The van der Waals surface area contributed by atoms with Crippen LogP contribution in [-0.2, 0) is 0 Å². The molecule has 1 N–H and O–H groups in total. The van der Waals surface area contributed by atoms with Gasteiger partial charge in [0, 0.05) is 18.5 Å². The van der Waals surface area contributed by atoms with Gasteiger partial charge in [-0.3, -0.25) is 0 Å². The minimum atomic E-state index is 0.415. The van der Waals surface area contributed by atoms with Crippen LogP contribution in [0.2, 0.25) is 0 Å². The summed E-state index contributed by atoms with van der Waals surface area (Å²) in [7, 11) is 0. The van der Waals surface area contributed by atoms with Gasteiger partial charge in [0.2, 0.25) is 0 Å². The smallest absolute Gasteiger partial charge is 0.0214 e. The van der Waals surface area contributed by atoms with Gasteiger partial charge in [0.25, 0.3) is 0 Å². The highest BCUT2D eigenvalue weighted by molar-refractivity contribution is 5.32. The van der Waals surface area contributed by atoms with Crippen molar-refractivity contribution in [3.05, 3.63) is 71.8 Å². The first kappa shape index (κ1) is 14.8. The summed E-state index contributed by atoms with van der Waals surface area (Å²) in [6.07, 6.45) is 0. The van der Waals surface area contributed by atoms with Crippen LogP contribution in [0.3, 0.4) is 0 Å². The van der Waals surface area contributed by atoms with Crippen molar-refractivity contribution in [2.24, 2.45) is 5.92 Å². The standard InChI is InChI=1S/C19H25N/c1-15(2)16(3)20-14-19(17-10-6-4-7-11-17)18-12-8-5-9-13-18/h4-13,15-16,19-20H,14H2,1-3H3. The summed E-state index contributed by atoms with van der Waals surface area (Å²) in [6.45, 7) is 7.76. The number of hydrogen-bond acceptors (Lipinski definition) is 1. The fourth-order valence-corrected chi connectivity index (χ4v) is 2.34. The lowest BCUT2D eigenvalue weighted by Gasteiger charge is -2.23. The van der Waals surface area contributed by atoms with E-state index in [2.05, 4.69) is 86.8 Å². The van der Waals surface area contributed by atoms with Gasteiger partial charge in [-0.2, -0.15) is 0 Å². The fraction of sp³-hybridized carbons (Fsp3) is 0.368. The molecule has 20 heavy (non-hydrogen) atoms. The molecule has 0 saturated heterocycles. The maximum atomic E-state index is 3.68. The highest BCUT2D eigenvalue weighted by Crippen LogP contribution is 2.24. The molecule has 0 aliphatic carbocycles. The Morgan fingerprint density at radius 1 is 0.750 bits per heavy atom. The van der Waals surface area contributed by atoms with Gasteiger partial charge in [0.1, 0.15) is 0 Å². The van der Waals surface area contributed by atoms with E-state index in [0.717, 1.165) is 6.54 Å². The molecule has 1 unspecified atom stereocenters. The SMILES string of the molecule is CC(C)C(C)NCC(c1ccccc1)c1ccccc1. The summed E-state index contributed by atoms with van der Waals surface area (Å²) in [5.41, 5.74) is 2.75. The van der Waals surface area contributed by atoms with Gasteiger partial charge in [0.05, 0.1) is 0 Å². The summed E-state index contributed by atoms with van der Waals surface area (Å²) >= 11 is 0. The van der Waals surface area contributed by atoms with Crippen LogP contribution >= 0.6 is 0 Å². The molecule has 1 heteroatoms. The predicted octanol–water partition coefficient (Wildman–Crippen LogP) is 4.45. The maximum Gasteiger partial charge on any atom is 0.0214 e. The number of benzene rings is 2. The number of nitrogens with one attached hydrogen (secondary N) is 1. The Hall–Kier alpha value is -1.60. The lowest BCUT2D eigenvalue weighted by molar-refractivity contribution is 0.421. The molecule has 2 aromatic rings. The summed E-state index contributed by atoms with van der Waals surface area (Å²) in [5.74, 6) is 1.07. The van der Waals surface area contributed by atoms with E-state index in [1.807, 2.05) is 0 Å². The Kier molecular flexibility index (Phi) is 5.37. The lowest BCUT2D eigenvalue weighted by atomic mass is 9.90. The average molecular weight is 267 g/mol. The van der Waals surface area contributed by atoms with Crippen LogP contribution in [0.15, 0.2) is 60.7 Å². The van der Waals surface area contributed by atoms with Crippen LogP contribution in [0.5, 0.6) is 0 Å². The second-order valence-electron chi connectivity index (χ2n) is 5.81. The van der Waals surface area contributed by atoms with Crippen molar-refractivity contribution < 1.29 is 0 Å². The Bertz CT molecular complexity index is 450. The molecule has 0 radical (unpaired) electrons. The van der Waals surface area contributed by atoms with E-state index < -0.39 is 0 Å². The Morgan fingerprint density at radius 2 is 1.20 bits per heavy atom. The van der Waals surface area contributed by atoms with Crippen LogP contribution < -0.4 is 5.32 Å². The first-order valence-electron chi connectivity index (χ1n) is 7.51. The molecule has 106 valence electrons. The highest BCUT2D eigenvalue weighted by Gasteiger charge is 2.15. The van der Waals surface area contributed by atoms with Crippen molar-refractivity contribution in [3.63, 3.8) is 0 Å². The number of hydrogen-bond donors (Lipinski definition) is 1. The van der Waals surface area contributed by atoms with Crippen LogP contribution in [0, 0.1) is 5.92 Å². The summed E-state index contributed by atoms with van der Waals surface area (Å²) in [5, 5.41) is 3.68. The lowest BCUT2D eigenvalue weighted by Crippen LogP contribution is -2.34. The van der Waals surface area contributed by atoms with Crippen LogP contribution in [0.4, 0.5) is 0 Å². The predicted molar refractivity (Wildman–Crippen MR) is 87.0 cm³/mol. The van der Waals surface area contributed by atoms with Crippen molar-refractivity contribution >= 4 is 0 Å². The molecule has 2 aromatic carbocycles. The minimum Gasteiger partial charge on any atom is -0.313 e. The highest BCUT2D eigenvalue weighted by atomic mass is 14.9. The Labute approximate surface area is 123 Å². The molecule has 0 bridgehead atoms. The van der Waals surface area contributed by atoms with E-state index in [0.29, 0.717) is 17.9 Å². The van der Waals surface area contributed by atoms with Gasteiger partial charge in [-0.05, 0) is 24.0 Å². The Morgan fingerprint density at radius 3 is 1.60 bits per heavy atom. The van der Waals surface area contributed by atoms with Gasteiger partial charge >= 0.3 is 0 Å². The normalized spacial score (nSPS) is 12.8. The zero-order valence-electron chi connectivity index (χ0n) is 12.7. The molecular weight excluding hydrogens is 242 g/mol. The largest absolute Gasteiger partial charge is 0.313 e. The van der Waals surface area contributed by atoms with Gasteiger partial charge in [-0.25, -0.2) is 0 Å². The first-order chi connectivity index (χ1) is 9.68. The van der Waals surface area contributed by atoms with E-state index in [4.69, 9.17) is 0 Å². The number of rotatable bonds is 6. The molecular formula is C19H25N. The van der Waals surface area contributed by atoms with E-state index in [1.54, 1.807) is 0 Å².